The Balaban J connectivity index is 2.00. The van der Waals surface area contributed by atoms with Crippen molar-refractivity contribution in [3.05, 3.63) is 22.8 Å². The summed E-state index contributed by atoms with van der Waals surface area (Å²) in [6, 6.07) is 0. The molecule has 7 heteroatoms. The molecule has 0 radical (unpaired) electrons. The Hall–Kier alpha value is -0.923. The van der Waals surface area contributed by atoms with Crippen molar-refractivity contribution in [2.75, 3.05) is 23.7 Å². The van der Waals surface area contributed by atoms with Gasteiger partial charge in [0.1, 0.15) is 5.82 Å². The van der Waals surface area contributed by atoms with Crippen LogP contribution in [0.25, 0.3) is 0 Å². The van der Waals surface area contributed by atoms with Crippen LogP contribution in [0, 0.1) is 0 Å². The number of allylic oxidation sites excluding steroid dienone is 1. The molecule has 1 unspecified atom stereocenters. The Morgan fingerprint density at radius 3 is 2.52 bits per heavy atom. The zero-order chi connectivity index (χ0) is 21.3. The van der Waals surface area contributed by atoms with Gasteiger partial charge in [-0.05, 0) is 79.0 Å². The molecule has 2 rings (SSSR count). The molecule has 0 aromatic carbocycles. The van der Waals surface area contributed by atoms with Crippen molar-refractivity contribution in [2.24, 2.45) is 0 Å². The lowest BCUT2D eigenvalue weighted by molar-refractivity contribution is 0.156. The van der Waals surface area contributed by atoms with E-state index in [1.165, 1.54) is 6.42 Å². The molecule has 0 spiro atoms. The van der Waals surface area contributed by atoms with Crippen LogP contribution in [-0.4, -0.2) is 37.5 Å². The normalized spacial score (nSPS) is 20.4. The van der Waals surface area contributed by atoms with E-state index >= 15 is 0 Å². The van der Waals surface area contributed by atoms with Crippen LogP contribution in [0.5, 0.6) is 0 Å². The van der Waals surface area contributed by atoms with Gasteiger partial charge in [-0.1, -0.05) is 32.9 Å². The number of halogens is 1. The summed E-state index contributed by atoms with van der Waals surface area (Å²) in [6.45, 7) is 13.5. The number of hydrogen-bond acceptors (Lipinski definition) is 5. The SMILES string of the molecule is CC(C)(C)[Si](C)(C)OC1CCCC=CCCNc2ncc(Br)c(n2)NCCCC1. The molecule has 0 saturated heterocycles. The zero-order valence-corrected chi connectivity index (χ0v) is 21.4. The van der Waals surface area contributed by atoms with E-state index in [-0.39, 0.29) is 5.04 Å². The molecular weight excluding hydrogens is 444 g/mol. The van der Waals surface area contributed by atoms with Crippen LogP contribution in [0.15, 0.2) is 22.8 Å². The van der Waals surface area contributed by atoms with Gasteiger partial charge in [0.2, 0.25) is 5.95 Å². The predicted octanol–water partition coefficient (Wildman–Crippen LogP) is 6.75. The zero-order valence-electron chi connectivity index (χ0n) is 18.9. The van der Waals surface area contributed by atoms with Gasteiger partial charge in [-0.15, -0.1) is 0 Å². The van der Waals surface area contributed by atoms with Crippen LogP contribution in [0.1, 0.15) is 65.7 Å². The second-order valence-corrected chi connectivity index (χ2v) is 15.0. The van der Waals surface area contributed by atoms with Gasteiger partial charge in [0.15, 0.2) is 8.32 Å². The topological polar surface area (TPSA) is 59.1 Å². The molecule has 2 heterocycles. The molecule has 2 N–H and O–H groups in total. The molecule has 0 saturated carbocycles. The second kappa shape index (κ2) is 11.5. The van der Waals surface area contributed by atoms with Crippen molar-refractivity contribution in [1.82, 2.24) is 9.97 Å². The number of nitrogens with one attached hydrogen (secondary N) is 2. The Kier molecular flexibility index (Phi) is 9.62. The van der Waals surface area contributed by atoms with Crippen molar-refractivity contribution < 1.29 is 4.43 Å². The van der Waals surface area contributed by atoms with Crippen molar-refractivity contribution in [3.63, 3.8) is 0 Å². The summed E-state index contributed by atoms with van der Waals surface area (Å²) in [6.07, 6.45) is 14.6. The standard InChI is InChI=1S/C22H39BrN4OSi/c1-22(2,3)29(4,5)28-18-13-9-7-6-8-11-16-25-21-26-17-19(23)20(27-21)24-15-12-10-14-18/h6,8,17-18H,7,9-16H2,1-5H3,(H2,24,25,26,27). The maximum Gasteiger partial charge on any atom is 0.224 e. The van der Waals surface area contributed by atoms with E-state index in [0.717, 1.165) is 61.9 Å². The molecule has 1 aromatic heterocycles. The van der Waals surface area contributed by atoms with Gasteiger partial charge >= 0.3 is 0 Å². The highest BCUT2D eigenvalue weighted by Gasteiger charge is 2.38. The first-order valence-corrected chi connectivity index (χ1v) is 14.7. The lowest BCUT2D eigenvalue weighted by atomic mass is 10.1. The van der Waals surface area contributed by atoms with Gasteiger partial charge in [0.05, 0.1) is 4.47 Å². The van der Waals surface area contributed by atoms with E-state index in [1.54, 1.807) is 0 Å². The quantitative estimate of drug-likeness (QED) is 0.360. The molecule has 1 aliphatic heterocycles. The van der Waals surface area contributed by atoms with Gasteiger partial charge in [0, 0.05) is 25.4 Å². The Bertz CT molecular complexity index is 661. The smallest absolute Gasteiger partial charge is 0.224 e. The van der Waals surface area contributed by atoms with Crippen LogP contribution in [0.3, 0.4) is 0 Å². The summed E-state index contributed by atoms with van der Waals surface area (Å²) in [4.78, 5) is 8.93. The summed E-state index contributed by atoms with van der Waals surface area (Å²) in [7, 11) is -1.74. The molecule has 5 nitrogen and oxygen atoms in total. The Morgan fingerprint density at radius 2 is 1.76 bits per heavy atom. The van der Waals surface area contributed by atoms with E-state index in [9.17, 15) is 0 Å². The van der Waals surface area contributed by atoms with Gasteiger partial charge < -0.3 is 15.1 Å². The average molecular weight is 484 g/mol. The van der Waals surface area contributed by atoms with E-state index < -0.39 is 8.32 Å². The molecule has 1 aromatic rings. The lowest BCUT2D eigenvalue weighted by Crippen LogP contribution is -2.44. The highest BCUT2D eigenvalue weighted by Crippen LogP contribution is 2.38. The van der Waals surface area contributed by atoms with E-state index in [0.29, 0.717) is 12.1 Å². The average Bonchev–Trinajstić information content (AvgIpc) is 2.63. The van der Waals surface area contributed by atoms with Crippen molar-refractivity contribution in [2.45, 2.75) is 90.0 Å². The van der Waals surface area contributed by atoms with Gasteiger partial charge in [-0.2, -0.15) is 4.98 Å². The molecule has 164 valence electrons. The first-order chi connectivity index (χ1) is 13.7. The minimum atomic E-state index is -1.74. The minimum absolute atomic E-state index is 0.256. The second-order valence-electron chi connectivity index (χ2n) is 9.43. The summed E-state index contributed by atoms with van der Waals surface area (Å²) < 4.78 is 7.68. The van der Waals surface area contributed by atoms with Gasteiger partial charge in [-0.25, -0.2) is 4.98 Å². The van der Waals surface area contributed by atoms with Crippen molar-refractivity contribution in [1.29, 1.82) is 0 Å². The number of rotatable bonds is 2. The molecular formula is C22H39BrN4OSi. The maximum atomic E-state index is 6.78. The number of fused-ring (bicyclic) bond motifs is 2. The monoisotopic (exact) mass is 482 g/mol. The van der Waals surface area contributed by atoms with Crippen LogP contribution in [-0.2, 0) is 4.43 Å². The lowest BCUT2D eigenvalue weighted by Gasteiger charge is -2.39. The molecule has 29 heavy (non-hydrogen) atoms. The predicted molar refractivity (Wildman–Crippen MR) is 130 cm³/mol. The van der Waals surface area contributed by atoms with Crippen LogP contribution < -0.4 is 10.6 Å². The van der Waals surface area contributed by atoms with Crippen molar-refractivity contribution >= 4 is 36.0 Å². The molecule has 1 atom stereocenters. The number of aromatic nitrogens is 2. The number of hydrogen-bond donors (Lipinski definition) is 2. The maximum absolute atomic E-state index is 6.78. The molecule has 0 aliphatic carbocycles. The highest BCUT2D eigenvalue weighted by atomic mass is 79.9. The molecule has 0 fully saturated rings. The first-order valence-electron chi connectivity index (χ1n) is 11.0. The summed E-state index contributed by atoms with van der Waals surface area (Å²) in [5.41, 5.74) is 0. The molecule has 0 amide bonds. The highest BCUT2D eigenvalue weighted by molar-refractivity contribution is 9.10. The Labute approximate surface area is 186 Å². The van der Waals surface area contributed by atoms with E-state index in [2.05, 4.69) is 82.5 Å². The summed E-state index contributed by atoms with van der Waals surface area (Å²) >= 11 is 3.55. The summed E-state index contributed by atoms with van der Waals surface area (Å²) in [5, 5.41) is 7.01. The third-order valence-electron chi connectivity index (χ3n) is 5.91. The third-order valence-corrected chi connectivity index (χ3v) is 11.0. The fraction of sp³-hybridized carbons (Fsp3) is 0.727. The number of anilines is 2. The first kappa shape index (κ1) is 24.3. The Morgan fingerprint density at radius 1 is 1.03 bits per heavy atom. The van der Waals surface area contributed by atoms with Crippen LogP contribution in [0.2, 0.25) is 18.1 Å². The van der Waals surface area contributed by atoms with E-state index in [4.69, 9.17) is 4.43 Å². The van der Waals surface area contributed by atoms with Crippen LogP contribution >= 0.6 is 15.9 Å². The fourth-order valence-electron chi connectivity index (χ4n) is 3.10. The molecule has 2 bridgehead atoms. The van der Waals surface area contributed by atoms with Crippen molar-refractivity contribution in [3.8, 4) is 0 Å². The van der Waals surface area contributed by atoms with Gasteiger partial charge in [0.25, 0.3) is 0 Å². The molecule has 1 aliphatic rings. The largest absolute Gasteiger partial charge is 0.414 e. The van der Waals surface area contributed by atoms with E-state index in [1.807, 2.05) is 6.20 Å². The fourth-order valence-corrected chi connectivity index (χ4v) is 4.86. The third kappa shape index (κ3) is 8.38. The number of nitrogens with zero attached hydrogens (tertiary/aromatic N) is 2. The summed E-state index contributed by atoms with van der Waals surface area (Å²) in [5.74, 6) is 1.53. The van der Waals surface area contributed by atoms with Crippen LogP contribution in [0.4, 0.5) is 11.8 Å². The van der Waals surface area contributed by atoms with Gasteiger partial charge in [-0.3, -0.25) is 0 Å². The minimum Gasteiger partial charge on any atom is -0.414 e.